The first-order chi connectivity index (χ1) is 29.0. The van der Waals surface area contributed by atoms with E-state index in [4.69, 9.17) is 0 Å². The summed E-state index contributed by atoms with van der Waals surface area (Å²) in [5.41, 5.74) is 25.5. The Morgan fingerprint density at radius 2 is 0.918 bits per heavy atom. The van der Waals surface area contributed by atoms with E-state index in [-0.39, 0.29) is 28.4 Å². The molecule has 2 heterocycles. The molecular weight excluding hydrogens is 735 g/mol. The van der Waals surface area contributed by atoms with Crippen molar-refractivity contribution in [1.82, 2.24) is 0 Å². The third-order valence-corrected chi connectivity index (χ3v) is 15.0. The number of aryl methyl sites for hydroxylation is 2. The highest BCUT2D eigenvalue weighted by Crippen LogP contribution is 2.55. The molecule has 302 valence electrons. The van der Waals surface area contributed by atoms with E-state index in [1.807, 2.05) is 0 Å². The van der Waals surface area contributed by atoms with Crippen molar-refractivity contribution < 1.29 is 0 Å². The van der Waals surface area contributed by atoms with Crippen molar-refractivity contribution in [2.45, 2.75) is 104 Å². The standard InChI is InChI=1S/C58H57BN2/c1-36-27-52-54-53(28-36)61(50-30-41(22-21-37(50)2)39-19-15-12-16-20-39)49-26-23-40(38-17-13-11-14-18-38)29-47(49)59(54)48-32-45-46(58(9,10)35-57(45,7)8)33-51(48)60(52)42-24-25-43-44(31-42)56(5,6)34-55(43,3)4/h11-33H,34-35H2,1-10H3. The lowest BCUT2D eigenvalue weighted by molar-refractivity contribution is 0.403. The number of fused-ring (bicyclic) bond motifs is 6. The van der Waals surface area contributed by atoms with Crippen LogP contribution in [-0.2, 0) is 21.7 Å². The minimum atomic E-state index is 0.0407. The van der Waals surface area contributed by atoms with Gasteiger partial charge in [0.15, 0.2) is 0 Å². The van der Waals surface area contributed by atoms with Crippen LogP contribution in [0.15, 0.2) is 140 Å². The largest absolute Gasteiger partial charge is 0.311 e. The number of hydrogen-bond donors (Lipinski definition) is 0. The molecule has 11 rings (SSSR count). The molecule has 2 aliphatic carbocycles. The zero-order valence-electron chi connectivity index (χ0n) is 37.7. The van der Waals surface area contributed by atoms with Gasteiger partial charge in [-0.25, -0.2) is 0 Å². The lowest BCUT2D eigenvalue weighted by atomic mass is 9.33. The lowest BCUT2D eigenvalue weighted by Crippen LogP contribution is -2.61. The molecular formula is C58H57BN2. The second-order valence-corrected chi connectivity index (χ2v) is 21.4. The monoisotopic (exact) mass is 792 g/mol. The smallest absolute Gasteiger partial charge is 0.252 e. The fourth-order valence-corrected chi connectivity index (χ4v) is 12.7. The molecule has 0 atom stereocenters. The molecule has 61 heavy (non-hydrogen) atoms. The van der Waals surface area contributed by atoms with Gasteiger partial charge in [-0.1, -0.05) is 152 Å². The fraction of sp³-hybridized carbons (Fsp3) is 0.276. The molecule has 0 radical (unpaired) electrons. The highest BCUT2D eigenvalue weighted by molar-refractivity contribution is 7.00. The van der Waals surface area contributed by atoms with Gasteiger partial charge in [0.2, 0.25) is 0 Å². The maximum absolute atomic E-state index is 2.67. The molecule has 7 aromatic rings. The maximum atomic E-state index is 2.67. The van der Waals surface area contributed by atoms with Gasteiger partial charge in [0.05, 0.1) is 0 Å². The minimum Gasteiger partial charge on any atom is -0.311 e. The van der Waals surface area contributed by atoms with Crippen molar-refractivity contribution in [1.29, 1.82) is 0 Å². The molecule has 2 nitrogen and oxygen atoms in total. The summed E-state index contributed by atoms with van der Waals surface area (Å²) in [5.74, 6) is 0. The highest BCUT2D eigenvalue weighted by atomic mass is 15.2. The van der Waals surface area contributed by atoms with Crippen LogP contribution in [-0.4, -0.2) is 6.71 Å². The van der Waals surface area contributed by atoms with Crippen molar-refractivity contribution in [2.75, 3.05) is 9.80 Å². The molecule has 4 aliphatic rings. The van der Waals surface area contributed by atoms with Gasteiger partial charge in [-0.15, -0.1) is 0 Å². The summed E-state index contributed by atoms with van der Waals surface area (Å²) >= 11 is 0. The molecule has 7 aromatic carbocycles. The normalized spacial score (nSPS) is 18.0. The Morgan fingerprint density at radius 1 is 0.393 bits per heavy atom. The van der Waals surface area contributed by atoms with Crippen LogP contribution in [0.3, 0.4) is 0 Å². The van der Waals surface area contributed by atoms with E-state index in [1.165, 1.54) is 106 Å². The third-order valence-electron chi connectivity index (χ3n) is 15.0. The molecule has 0 amide bonds. The van der Waals surface area contributed by atoms with Crippen LogP contribution in [0.4, 0.5) is 34.1 Å². The van der Waals surface area contributed by atoms with Gasteiger partial charge in [-0.05, 0) is 163 Å². The van der Waals surface area contributed by atoms with E-state index in [9.17, 15) is 0 Å². The van der Waals surface area contributed by atoms with Gasteiger partial charge in [0.1, 0.15) is 0 Å². The van der Waals surface area contributed by atoms with Crippen LogP contribution >= 0.6 is 0 Å². The Hall–Kier alpha value is -5.80. The predicted molar refractivity (Wildman–Crippen MR) is 262 cm³/mol. The van der Waals surface area contributed by atoms with Crippen LogP contribution in [0.1, 0.15) is 102 Å². The first-order valence-electron chi connectivity index (χ1n) is 22.5. The van der Waals surface area contributed by atoms with Crippen molar-refractivity contribution in [3.8, 4) is 22.3 Å². The molecule has 0 saturated carbocycles. The van der Waals surface area contributed by atoms with Gasteiger partial charge in [-0.3, -0.25) is 0 Å². The molecule has 2 aliphatic heterocycles. The summed E-state index contributed by atoms with van der Waals surface area (Å²) in [5, 5.41) is 0. The van der Waals surface area contributed by atoms with Gasteiger partial charge >= 0.3 is 0 Å². The van der Waals surface area contributed by atoms with Crippen LogP contribution in [0.5, 0.6) is 0 Å². The van der Waals surface area contributed by atoms with Crippen molar-refractivity contribution >= 4 is 57.2 Å². The number of anilines is 6. The Labute approximate surface area is 364 Å². The molecule has 0 bridgehead atoms. The summed E-state index contributed by atoms with van der Waals surface area (Å²) in [6, 6.07) is 53.7. The van der Waals surface area contributed by atoms with Crippen LogP contribution < -0.4 is 26.2 Å². The molecule has 0 saturated heterocycles. The first-order valence-corrected chi connectivity index (χ1v) is 22.5. The summed E-state index contributed by atoms with van der Waals surface area (Å²) in [6.45, 7) is 24.2. The second kappa shape index (κ2) is 12.9. The van der Waals surface area contributed by atoms with Crippen molar-refractivity contribution in [2.24, 2.45) is 0 Å². The number of rotatable bonds is 4. The fourth-order valence-electron chi connectivity index (χ4n) is 12.7. The zero-order chi connectivity index (χ0) is 42.4. The third kappa shape index (κ3) is 5.68. The summed E-state index contributed by atoms with van der Waals surface area (Å²) in [4.78, 5) is 5.27. The topological polar surface area (TPSA) is 6.48 Å². The minimum absolute atomic E-state index is 0.0407. The maximum Gasteiger partial charge on any atom is 0.252 e. The number of benzene rings is 7. The SMILES string of the molecule is Cc1cc2c3c(c1)N(c1cc(-c4ccccc4)ccc1C)c1ccc(-c4ccccc4)cc1B3c1cc3c(cc1N2c1ccc2c(c1)C(C)(C)CC2(C)C)C(C)(C)CC3(C)C. The van der Waals surface area contributed by atoms with Gasteiger partial charge in [0.25, 0.3) is 6.71 Å². The van der Waals surface area contributed by atoms with Gasteiger partial charge in [0, 0.05) is 34.1 Å². The van der Waals surface area contributed by atoms with E-state index >= 15 is 0 Å². The van der Waals surface area contributed by atoms with Crippen molar-refractivity contribution in [3.05, 3.63) is 173 Å². The van der Waals surface area contributed by atoms with Crippen molar-refractivity contribution in [3.63, 3.8) is 0 Å². The molecule has 0 aromatic heterocycles. The average Bonchev–Trinajstić information content (AvgIpc) is 3.54. The predicted octanol–water partition coefficient (Wildman–Crippen LogP) is 13.6. The highest BCUT2D eigenvalue weighted by Gasteiger charge is 2.49. The van der Waals surface area contributed by atoms with Crippen LogP contribution in [0, 0.1) is 13.8 Å². The van der Waals surface area contributed by atoms with E-state index < -0.39 is 0 Å². The van der Waals surface area contributed by atoms with E-state index in [2.05, 4.69) is 219 Å². The molecule has 3 heteroatoms. The van der Waals surface area contributed by atoms with Gasteiger partial charge in [-0.2, -0.15) is 0 Å². The lowest BCUT2D eigenvalue weighted by Gasteiger charge is -2.45. The Bertz CT molecular complexity index is 2950. The summed E-state index contributed by atoms with van der Waals surface area (Å²) in [6.07, 6.45) is 2.27. The summed E-state index contributed by atoms with van der Waals surface area (Å²) in [7, 11) is 0. The first kappa shape index (κ1) is 38.2. The van der Waals surface area contributed by atoms with Crippen LogP contribution in [0.25, 0.3) is 22.3 Å². The number of nitrogens with zero attached hydrogens (tertiary/aromatic N) is 2. The molecule has 0 spiro atoms. The van der Waals surface area contributed by atoms with E-state index in [0.717, 1.165) is 12.8 Å². The molecule has 0 fully saturated rings. The van der Waals surface area contributed by atoms with E-state index in [0.29, 0.717) is 0 Å². The summed E-state index contributed by atoms with van der Waals surface area (Å²) < 4.78 is 0. The molecule has 0 unspecified atom stereocenters. The Morgan fingerprint density at radius 3 is 1.56 bits per heavy atom. The quantitative estimate of drug-likeness (QED) is 0.164. The van der Waals surface area contributed by atoms with Gasteiger partial charge < -0.3 is 9.80 Å². The number of hydrogen-bond acceptors (Lipinski definition) is 2. The second-order valence-electron chi connectivity index (χ2n) is 21.4. The van der Waals surface area contributed by atoms with E-state index in [1.54, 1.807) is 0 Å². The Balaban J connectivity index is 1.25. The average molecular weight is 793 g/mol. The molecule has 0 N–H and O–H groups in total. The van der Waals surface area contributed by atoms with Crippen LogP contribution in [0.2, 0.25) is 0 Å². The zero-order valence-corrected chi connectivity index (χ0v) is 37.7. The Kier molecular flexibility index (Phi) is 8.05.